The lowest BCUT2D eigenvalue weighted by atomic mass is 10.0. The first kappa shape index (κ1) is 13.5. The molecule has 0 radical (unpaired) electrons. The van der Waals surface area contributed by atoms with Gasteiger partial charge in [0.05, 0.1) is 0 Å². The third-order valence-corrected chi connectivity index (χ3v) is 4.09. The first-order valence-electron chi connectivity index (χ1n) is 6.87. The molecule has 1 aliphatic rings. The molecule has 1 fully saturated rings. The molecule has 1 saturated heterocycles. The third-order valence-electron chi connectivity index (χ3n) is 4.09. The Hall–Kier alpha value is -0.930. The number of nitrogens with zero attached hydrogens (tertiary/aromatic N) is 1. The molecule has 1 heterocycles. The first-order valence-corrected chi connectivity index (χ1v) is 6.87. The molecule has 3 atom stereocenters. The van der Waals surface area contributed by atoms with Gasteiger partial charge in [0.15, 0.2) is 0 Å². The summed E-state index contributed by atoms with van der Waals surface area (Å²) in [5.41, 5.74) is 6.59. The van der Waals surface area contributed by atoms with Gasteiger partial charge in [0.2, 0.25) is 0 Å². The van der Waals surface area contributed by atoms with Crippen LogP contribution in [0.25, 0.3) is 0 Å². The van der Waals surface area contributed by atoms with Crippen LogP contribution in [0, 0.1) is 11.7 Å². The Kier molecular flexibility index (Phi) is 4.36. The van der Waals surface area contributed by atoms with E-state index in [1.807, 2.05) is 12.1 Å². The molecule has 100 valence electrons. The SMILES string of the molecule is CCC(c1ccccc1F)N1CC(CN)CC1C. The normalized spacial score (nSPS) is 26.4. The van der Waals surface area contributed by atoms with E-state index in [4.69, 9.17) is 5.73 Å². The standard InChI is InChI=1S/C15H23FN2/c1-3-15(13-6-4-5-7-14(13)16)18-10-12(9-17)8-11(18)2/h4-7,11-12,15H,3,8-10,17H2,1-2H3. The van der Waals surface area contributed by atoms with Gasteiger partial charge in [0, 0.05) is 24.2 Å². The molecule has 3 unspecified atom stereocenters. The smallest absolute Gasteiger partial charge is 0.127 e. The molecule has 0 spiro atoms. The van der Waals surface area contributed by atoms with Crippen molar-refractivity contribution in [2.45, 2.75) is 38.8 Å². The quantitative estimate of drug-likeness (QED) is 0.890. The second-order valence-electron chi connectivity index (χ2n) is 5.33. The molecule has 3 heteroatoms. The van der Waals surface area contributed by atoms with Crippen LogP contribution in [0.4, 0.5) is 4.39 Å². The summed E-state index contributed by atoms with van der Waals surface area (Å²) in [7, 11) is 0. The zero-order chi connectivity index (χ0) is 13.1. The number of hydrogen-bond acceptors (Lipinski definition) is 2. The van der Waals surface area contributed by atoms with Crippen molar-refractivity contribution in [1.29, 1.82) is 0 Å². The maximum atomic E-state index is 13.9. The summed E-state index contributed by atoms with van der Waals surface area (Å²) in [5, 5.41) is 0. The van der Waals surface area contributed by atoms with Crippen LogP contribution in [0.1, 0.15) is 38.3 Å². The molecular formula is C15H23FN2. The van der Waals surface area contributed by atoms with E-state index in [9.17, 15) is 4.39 Å². The minimum atomic E-state index is -0.0900. The Bertz CT molecular complexity index is 394. The summed E-state index contributed by atoms with van der Waals surface area (Å²) >= 11 is 0. The van der Waals surface area contributed by atoms with Crippen molar-refractivity contribution in [3.05, 3.63) is 35.6 Å². The minimum absolute atomic E-state index is 0.0900. The first-order chi connectivity index (χ1) is 8.67. The fourth-order valence-corrected chi connectivity index (χ4v) is 3.15. The third kappa shape index (κ3) is 2.57. The maximum Gasteiger partial charge on any atom is 0.127 e. The molecular weight excluding hydrogens is 227 g/mol. The van der Waals surface area contributed by atoms with E-state index in [2.05, 4.69) is 18.7 Å². The Morgan fingerprint density at radius 2 is 2.17 bits per heavy atom. The van der Waals surface area contributed by atoms with Gasteiger partial charge < -0.3 is 5.73 Å². The lowest BCUT2D eigenvalue weighted by Gasteiger charge is -2.31. The highest BCUT2D eigenvalue weighted by Gasteiger charge is 2.33. The van der Waals surface area contributed by atoms with Crippen LogP contribution in [-0.2, 0) is 0 Å². The summed E-state index contributed by atoms with van der Waals surface area (Å²) in [6.07, 6.45) is 2.06. The van der Waals surface area contributed by atoms with Crippen molar-refractivity contribution in [3.63, 3.8) is 0 Å². The predicted molar refractivity (Wildman–Crippen MR) is 72.8 cm³/mol. The van der Waals surface area contributed by atoms with Crippen LogP contribution >= 0.6 is 0 Å². The van der Waals surface area contributed by atoms with E-state index >= 15 is 0 Å². The average molecular weight is 250 g/mol. The molecule has 0 amide bonds. The zero-order valence-corrected chi connectivity index (χ0v) is 11.3. The Morgan fingerprint density at radius 3 is 2.72 bits per heavy atom. The van der Waals surface area contributed by atoms with E-state index in [0.29, 0.717) is 12.0 Å². The molecule has 0 saturated carbocycles. The van der Waals surface area contributed by atoms with E-state index in [1.54, 1.807) is 12.1 Å². The highest BCUT2D eigenvalue weighted by molar-refractivity contribution is 5.21. The zero-order valence-electron chi connectivity index (χ0n) is 11.3. The van der Waals surface area contributed by atoms with E-state index < -0.39 is 0 Å². The van der Waals surface area contributed by atoms with E-state index in [0.717, 1.165) is 31.5 Å². The lowest BCUT2D eigenvalue weighted by Crippen LogP contribution is -2.32. The van der Waals surface area contributed by atoms with Gasteiger partial charge in [-0.1, -0.05) is 25.1 Å². The molecule has 0 bridgehead atoms. The number of rotatable bonds is 4. The topological polar surface area (TPSA) is 29.3 Å². The summed E-state index contributed by atoms with van der Waals surface area (Å²) in [6, 6.07) is 7.80. The molecule has 1 aromatic rings. The lowest BCUT2D eigenvalue weighted by molar-refractivity contribution is 0.178. The van der Waals surface area contributed by atoms with Crippen LogP contribution in [0.3, 0.4) is 0 Å². The van der Waals surface area contributed by atoms with Crippen molar-refractivity contribution in [2.24, 2.45) is 11.7 Å². The van der Waals surface area contributed by atoms with Gasteiger partial charge in [-0.15, -0.1) is 0 Å². The van der Waals surface area contributed by atoms with Gasteiger partial charge in [-0.25, -0.2) is 4.39 Å². The fraction of sp³-hybridized carbons (Fsp3) is 0.600. The summed E-state index contributed by atoms with van der Waals surface area (Å²) in [5.74, 6) is 0.466. The number of hydrogen-bond donors (Lipinski definition) is 1. The average Bonchev–Trinajstić information content (AvgIpc) is 2.74. The van der Waals surface area contributed by atoms with Gasteiger partial charge in [-0.2, -0.15) is 0 Å². The molecule has 0 aromatic heterocycles. The Morgan fingerprint density at radius 1 is 1.44 bits per heavy atom. The van der Waals surface area contributed by atoms with Crippen LogP contribution in [0.2, 0.25) is 0 Å². The van der Waals surface area contributed by atoms with E-state index in [-0.39, 0.29) is 11.9 Å². The van der Waals surface area contributed by atoms with Crippen molar-refractivity contribution >= 4 is 0 Å². The van der Waals surface area contributed by atoms with Gasteiger partial charge in [-0.05, 0) is 38.3 Å². The monoisotopic (exact) mass is 250 g/mol. The van der Waals surface area contributed by atoms with Crippen molar-refractivity contribution in [1.82, 2.24) is 4.90 Å². The number of benzene rings is 1. The molecule has 1 aliphatic heterocycles. The molecule has 0 aliphatic carbocycles. The molecule has 2 rings (SSSR count). The van der Waals surface area contributed by atoms with Crippen molar-refractivity contribution in [2.75, 3.05) is 13.1 Å². The predicted octanol–water partition coefficient (Wildman–Crippen LogP) is 2.95. The van der Waals surface area contributed by atoms with Crippen LogP contribution in [0.5, 0.6) is 0 Å². The van der Waals surface area contributed by atoms with Crippen molar-refractivity contribution in [3.8, 4) is 0 Å². The Labute approximate surface area is 109 Å². The van der Waals surface area contributed by atoms with Gasteiger partial charge in [0.25, 0.3) is 0 Å². The van der Waals surface area contributed by atoms with Gasteiger partial charge >= 0.3 is 0 Å². The highest BCUT2D eigenvalue weighted by Crippen LogP contribution is 2.34. The highest BCUT2D eigenvalue weighted by atomic mass is 19.1. The number of likely N-dealkylation sites (tertiary alicyclic amines) is 1. The van der Waals surface area contributed by atoms with Gasteiger partial charge in [0.1, 0.15) is 5.82 Å². The maximum absolute atomic E-state index is 13.9. The summed E-state index contributed by atoms with van der Waals surface area (Å²) in [4.78, 5) is 2.41. The molecule has 1 aromatic carbocycles. The van der Waals surface area contributed by atoms with Gasteiger partial charge in [-0.3, -0.25) is 4.90 Å². The second-order valence-corrected chi connectivity index (χ2v) is 5.33. The second kappa shape index (κ2) is 5.81. The molecule has 2 nitrogen and oxygen atoms in total. The number of nitrogens with two attached hydrogens (primary N) is 1. The fourth-order valence-electron chi connectivity index (χ4n) is 3.15. The van der Waals surface area contributed by atoms with Crippen LogP contribution < -0.4 is 5.73 Å². The molecule has 2 N–H and O–H groups in total. The minimum Gasteiger partial charge on any atom is -0.330 e. The van der Waals surface area contributed by atoms with Crippen LogP contribution in [-0.4, -0.2) is 24.0 Å². The molecule has 18 heavy (non-hydrogen) atoms. The van der Waals surface area contributed by atoms with Crippen LogP contribution in [0.15, 0.2) is 24.3 Å². The van der Waals surface area contributed by atoms with E-state index in [1.165, 1.54) is 0 Å². The largest absolute Gasteiger partial charge is 0.330 e. The van der Waals surface area contributed by atoms with Crippen molar-refractivity contribution < 1.29 is 4.39 Å². The summed E-state index contributed by atoms with van der Waals surface area (Å²) in [6.45, 7) is 6.07. The summed E-state index contributed by atoms with van der Waals surface area (Å²) < 4.78 is 13.9. The number of halogens is 1. The Balaban J connectivity index is 2.22.